The molecule has 4 rings (SSSR count). The number of amides is 2. The number of aryl methyl sites for hydroxylation is 1. The third-order valence-electron chi connectivity index (χ3n) is 5.71. The summed E-state index contributed by atoms with van der Waals surface area (Å²) in [6.45, 7) is 1.72. The van der Waals surface area contributed by atoms with Gasteiger partial charge in [0.05, 0.1) is 22.2 Å². The van der Waals surface area contributed by atoms with E-state index in [1.165, 1.54) is 45.6 Å². The van der Waals surface area contributed by atoms with E-state index >= 15 is 0 Å². The average molecular weight is 478 g/mol. The Bertz CT molecular complexity index is 1380. The Morgan fingerprint density at radius 1 is 1.14 bits per heavy atom. The van der Waals surface area contributed by atoms with Gasteiger partial charge in [-0.25, -0.2) is 23.6 Å². The first kappa shape index (κ1) is 23.4. The van der Waals surface area contributed by atoms with Crippen LogP contribution in [0.2, 0.25) is 0 Å². The number of aliphatic carboxylic acids is 1. The van der Waals surface area contributed by atoms with Gasteiger partial charge in [0.25, 0.3) is 5.69 Å². The van der Waals surface area contributed by atoms with Crippen molar-refractivity contribution in [2.45, 2.75) is 25.9 Å². The number of hydrogen-bond acceptors (Lipinski definition) is 6. The second-order valence-corrected chi connectivity index (χ2v) is 7.92. The van der Waals surface area contributed by atoms with E-state index in [2.05, 4.69) is 10.4 Å². The highest BCUT2D eigenvalue weighted by atomic mass is 16.6. The molecular formula is C23H22N6O6. The molecule has 1 aliphatic heterocycles. The SMILES string of the molecule is CC1=C(C(=O)O)C(c2cccc([N+](=O)[O-])c2)N(CCCn2ncn(-c3ccccc3)c2=O)C(=O)N1. The van der Waals surface area contributed by atoms with Crippen LogP contribution in [0.25, 0.3) is 5.69 Å². The standard InChI is InChI=1S/C23H22N6O6/c1-15-19(21(30)31)20(16-7-5-10-18(13-16)29(34)35)26(22(32)25-15)11-6-12-28-23(33)27(14-24-28)17-8-3-2-4-9-17/h2-5,7-10,13-14,20H,6,11-12H2,1H3,(H,25,32)(H,30,31). The molecule has 0 spiro atoms. The van der Waals surface area contributed by atoms with Crippen LogP contribution in [0.3, 0.4) is 0 Å². The molecule has 180 valence electrons. The van der Waals surface area contributed by atoms with E-state index in [9.17, 15) is 29.6 Å². The monoisotopic (exact) mass is 478 g/mol. The number of para-hydroxylation sites is 1. The summed E-state index contributed by atoms with van der Waals surface area (Å²) < 4.78 is 2.66. The van der Waals surface area contributed by atoms with Crippen LogP contribution in [0, 0.1) is 10.1 Å². The fourth-order valence-corrected chi connectivity index (χ4v) is 4.09. The number of rotatable bonds is 8. The van der Waals surface area contributed by atoms with E-state index in [0.717, 1.165) is 0 Å². The molecule has 0 aliphatic carbocycles. The van der Waals surface area contributed by atoms with E-state index in [1.807, 2.05) is 6.07 Å². The summed E-state index contributed by atoms with van der Waals surface area (Å²) in [4.78, 5) is 49.6. The van der Waals surface area contributed by atoms with Gasteiger partial charge in [-0.15, -0.1) is 0 Å². The molecule has 2 amide bonds. The van der Waals surface area contributed by atoms with Crippen LogP contribution in [-0.4, -0.2) is 47.8 Å². The van der Waals surface area contributed by atoms with Crippen LogP contribution in [0.1, 0.15) is 24.9 Å². The van der Waals surface area contributed by atoms with Crippen molar-refractivity contribution in [1.82, 2.24) is 24.6 Å². The number of aromatic nitrogens is 3. The fourth-order valence-electron chi connectivity index (χ4n) is 4.09. The van der Waals surface area contributed by atoms with Gasteiger partial charge >= 0.3 is 17.7 Å². The van der Waals surface area contributed by atoms with Crippen molar-refractivity contribution in [2.75, 3.05) is 6.54 Å². The average Bonchev–Trinajstić information content (AvgIpc) is 3.20. The molecule has 35 heavy (non-hydrogen) atoms. The van der Waals surface area contributed by atoms with Crippen LogP contribution < -0.4 is 11.0 Å². The maximum Gasteiger partial charge on any atom is 0.350 e. The highest BCUT2D eigenvalue weighted by molar-refractivity contribution is 5.93. The van der Waals surface area contributed by atoms with Crippen LogP contribution in [0.4, 0.5) is 10.5 Å². The Morgan fingerprint density at radius 2 is 1.89 bits per heavy atom. The number of non-ortho nitro benzene ring substituents is 1. The number of nitro benzene ring substituents is 1. The molecular weight excluding hydrogens is 456 g/mol. The Morgan fingerprint density at radius 3 is 2.57 bits per heavy atom. The summed E-state index contributed by atoms with van der Waals surface area (Å²) in [5.41, 5.74) is 0.474. The van der Waals surface area contributed by atoms with E-state index in [4.69, 9.17) is 0 Å². The predicted molar refractivity (Wildman–Crippen MR) is 124 cm³/mol. The quantitative estimate of drug-likeness (QED) is 0.372. The summed E-state index contributed by atoms with van der Waals surface area (Å²) >= 11 is 0. The molecule has 1 aliphatic rings. The van der Waals surface area contributed by atoms with Crippen molar-refractivity contribution in [1.29, 1.82) is 0 Å². The number of urea groups is 1. The maximum atomic E-state index is 12.8. The zero-order valence-corrected chi connectivity index (χ0v) is 18.7. The van der Waals surface area contributed by atoms with Gasteiger partial charge in [0.2, 0.25) is 0 Å². The van der Waals surface area contributed by atoms with E-state index < -0.39 is 23.0 Å². The zero-order valence-electron chi connectivity index (χ0n) is 18.7. The molecule has 0 saturated carbocycles. The number of carboxylic acids is 1. The van der Waals surface area contributed by atoms with Gasteiger partial charge < -0.3 is 15.3 Å². The van der Waals surface area contributed by atoms with Crippen molar-refractivity contribution >= 4 is 17.7 Å². The van der Waals surface area contributed by atoms with Crippen molar-refractivity contribution in [3.05, 3.63) is 98.4 Å². The zero-order chi connectivity index (χ0) is 25.1. The number of nitrogens with one attached hydrogen (secondary N) is 1. The van der Waals surface area contributed by atoms with Gasteiger partial charge in [0.1, 0.15) is 6.33 Å². The molecule has 12 nitrogen and oxygen atoms in total. The molecule has 0 fully saturated rings. The number of carbonyl (C=O) groups is 2. The van der Waals surface area contributed by atoms with Gasteiger partial charge in [0, 0.05) is 30.9 Å². The smallest absolute Gasteiger partial charge is 0.350 e. The van der Waals surface area contributed by atoms with Crippen molar-refractivity contribution in [2.24, 2.45) is 0 Å². The highest BCUT2D eigenvalue weighted by Crippen LogP contribution is 2.35. The second-order valence-electron chi connectivity index (χ2n) is 7.92. The third-order valence-corrected chi connectivity index (χ3v) is 5.71. The number of allylic oxidation sites excluding steroid dienone is 1. The van der Waals surface area contributed by atoms with Gasteiger partial charge in [-0.1, -0.05) is 30.3 Å². The summed E-state index contributed by atoms with van der Waals surface area (Å²) in [6.07, 6.45) is 1.70. The van der Waals surface area contributed by atoms with Gasteiger partial charge in [0.15, 0.2) is 0 Å². The minimum atomic E-state index is -1.25. The Labute approximate surface area is 198 Å². The molecule has 1 atom stereocenters. The molecule has 2 aromatic carbocycles. The number of carbonyl (C=O) groups excluding carboxylic acids is 1. The molecule has 2 heterocycles. The lowest BCUT2D eigenvalue weighted by atomic mass is 9.93. The molecule has 0 radical (unpaired) electrons. The molecule has 12 heteroatoms. The summed E-state index contributed by atoms with van der Waals surface area (Å²) in [7, 11) is 0. The van der Waals surface area contributed by atoms with E-state index in [1.54, 1.807) is 30.3 Å². The van der Waals surface area contributed by atoms with Crippen LogP contribution in [0.5, 0.6) is 0 Å². The lowest BCUT2D eigenvalue weighted by molar-refractivity contribution is -0.384. The summed E-state index contributed by atoms with van der Waals surface area (Å²) in [6, 6.07) is 13.0. The highest BCUT2D eigenvalue weighted by Gasteiger charge is 2.38. The lowest BCUT2D eigenvalue weighted by Gasteiger charge is -2.37. The summed E-state index contributed by atoms with van der Waals surface area (Å²) in [5, 5.41) is 27.8. The lowest BCUT2D eigenvalue weighted by Crippen LogP contribution is -2.49. The van der Waals surface area contributed by atoms with Gasteiger partial charge in [-0.05, 0) is 31.0 Å². The number of carboxylic acid groups (broad SMARTS) is 1. The molecule has 0 saturated heterocycles. The van der Waals surface area contributed by atoms with E-state index in [0.29, 0.717) is 11.3 Å². The normalized spacial score (nSPS) is 15.7. The minimum Gasteiger partial charge on any atom is -0.478 e. The Balaban J connectivity index is 1.59. The predicted octanol–water partition coefficient (Wildman–Crippen LogP) is 2.46. The topological polar surface area (TPSA) is 153 Å². The first-order valence-corrected chi connectivity index (χ1v) is 10.7. The Kier molecular flexibility index (Phi) is 6.44. The van der Waals surface area contributed by atoms with Crippen molar-refractivity contribution < 1.29 is 19.6 Å². The van der Waals surface area contributed by atoms with Crippen LogP contribution in [0.15, 0.2) is 77.0 Å². The van der Waals surface area contributed by atoms with Crippen LogP contribution in [-0.2, 0) is 11.3 Å². The molecule has 1 unspecified atom stereocenters. The first-order valence-electron chi connectivity index (χ1n) is 10.7. The van der Waals surface area contributed by atoms with Crippen molar-refractivity contribution in [3.63, 3.8) is 0 Å². The van der Waals surface area contributed by atoms with Gasteiger partial charge in [-0.2, -0.15) is 5.10 Å². The van der Waals surface area contributed by atoms with Crippen LogP contribution >= 0.6 is 0 Å². The van der Waals surface area contributed by atoms with Crippen molar-refractivity contribution in [3.8, 4) is 5.69 Å². The Hall–Kier alpha value is -4.74. The minimum absolute atomic E-state index is 0.0773. The third kappa shape index (κ3) is 4.67. The molecule has 2 N–H and O–H groups in total. The summed E-state index contributed by atoms with van der Waals surface area (Å²) in [5.74, 6) is -1.25. The maximum absolute atomic E-state index is 12.8. The molecule has 1 aromatic heterocycles. The number of nitro groups is 1. The molecule has 0 bridgehead atoms. The van der Waals surface area contributed by atoms with Gasteiger partial charge in [-0.3, -0.25) is 10.1 Å². The fraction of sp³-hybridized carbons (Fsp3) is 0.217. The largest absolute Gasteiger partial charge is 0.478 e. The second kappa shape index (κ2) is 9.63. The number of nitrogens with zero attached hydrogens (tertiary/aromatic N) is 5. The first-order chi connectivity index (χ1) is 16.8. The molecule has 3 aromatic rings. The van der Waals surface area contributed by atoms with E-state index in [-0.39, 0.29) is 42.2 Å². The number of hydrogen-bond donors (Lipinski definition) is 2. The number of benzene rings is 2.